The predicted molar refractivity (Wildman–Crippen MR) is 94.8 cm³/mol. The van der Waals surface area contributed by atoms with Gasteiger partial charge in [-0.3, -0.25) is 0 Å². The highest BCUT2D eigenvalue weighted by molar-refractivity contribution is 5.25. The molecule has 0 radical (unpaired) electrons. The summed E-state index contributed by atoms with van der Waals surface area (Å²) in [7, 11) is 0. The molecule has 0 aromatic carbocycles. The molecular weight excluding hydrogens is 282 g/mol. The molecule has 3 saturated carbocycles. The van der Waals surface area contributed by atoms with E-state index >= 15 is 0 Å². The van der Waals surface area contributed by atoms with Gasteiger partial charge in [0.25, 0.3) is 0 Å². The van der Waals surface area contributed by atoms with E-state index in [1.54, 1.807) is 5.57 Å². The first-order valence-corrected chi connectivity index (χ1v) is 9.99. The quantitative estimate of drug-likeness (QED) is 0.709. The van der Waals surface area contributed by atoms with E-state index < -0.39 is 0 Å². The van der Waals surface area contributed by atoms with Gasteiger partial charge in [0.15, 0.2) is 0 Å². The second-order valence-electron chi connectivity index (χ2n) is 9.74. The summed E-state index contributed by atoms with van der Waals surface area (Å²) in [5.74, 6) is 3.31. The lowest BCUT2D eigenvalue weighted by atomic mass is 9.47. The number of hydrogen-bond acceptors (Lipinski definition) is 2. The van der Waals surface area contributed by atoms with Crippen molar-refractivity contribution in [2.45, 2.75) is 84.3 Å². The molecule has 0 spiro atoms. The van der Waals surface area contributed by atoms with Gasteiger partial charge in [0.05, 0.1) is 6.10 Å². The molecule has 0 aromatic rings. The Balaban J connectivity index is 1.65. The normalized spacial score (nSPS) is 53.8. The van der Waals surface area contributed by atoms with E-state index in [0.717, 1.165) is 36.5 Å². The Hall–Kier alpha value is -0.340. The van der Waals surface area contributed by atoms with Gasteiger partial charge in [0.2, 0.25) is 0 Å². The van der Waals surface area contributed by atoms with Crippen LogP contribution in [0.3, 0.4) is 0 Å². The zero-order chi connectivity index (χ0) is 16.4. The number of allylic oxidation sites excluding steroid dienone is 1. The standard InChI is InChI=1S/C21H35NO/c1-13(22)17-6-7-18-16-5-4-14-12-15(23)8-10-20(14,2)19(16)9-11-21(17,18)3/h4,13,15-19,23H,5-12,22H2,1-3H3/t13-,15+,16-,17+,18-,19-,20+,21-/m1/s1. The van der Waals surface area contributed by atoms with Crippen LogP contribution in [-0.4, -0.2) is 17.3 Å². The molecule has 0 saturated heterocycles. The SMILES string of the molecule is C[C@@H](N)[C@@H]1CC[C@@H]2[C@H]3CC=C4C[C@@H](O)CC[C@]4(C)[C@@H]3CC[C@@]21C. The van der Waals surface area contributed by atoms with E-state index in [9.17, 15) is 5.11 Å². The van der Waals surface area contributed by atoms with Crippen LogP contribution in [0.5, 0.6) is 0 Å². The third kappa shape index (κ3) is 2.20. The Morgan fingerprint density at radius 3 is 2.65 bits per heavy atom. The number of fused-ring (bicyclic) bond motifs is 5. The van der Waals surface area contributed by atoms with E-state index in [1.165, 1.54) is 38.5 Å². The fraction of sp³-hybridized carbons (Fsp3) is 0.905. The minimum Gasteiger partial charge on any atom is -0.393 e. The summed E-state index contributed by atoms with van der Waals surface area (Å²) in [5, 5.41) is 10.1. The Kier molecular flexibility index (Phi) is 3.74. The summed E-state index contributed by atoms with van der Waals surface area (Å²) in [4.78, 5) is 0. The van der Waals surface area contributed by atoms with Gasteiger partial charge in [-0.05, 0) is 92.8 Å². The molecule has 8 atom stereocenters. The molecule has 3 N–H and O–H groups in total. The zero-order valence-corrected chi connectivity index (χ0v) is 15.2. The first-order valence-electron chi connectivity index (χ1n) is 9.99. The summed E-state index contributed by atoms with van der Waals surface area (Å²) >= 11 is 0. The minimum absolute atomic E-state index is 0.0892. The molecule has 2 nitrogen and oxygen atoms in total. The molecule has 4 rings (SSSR count). The third-order valence-electron chi connectivity index (χ3n) is 8.79. The lowest BCUT2D eigenvalue weighted by Crippen LogP contribution is -2.51. The Morgan fingerprint density at radius 2 is 1.91 bits per heavy atom. The van der Waals surface area contributed by atoms with Gasteiger partial charge < -0.3 is 10.8 Å². The fourth-order valence-electron chi connectivity index (χ4n) is 7.55. The van der Waals surface area contributed by atoms with E-state index in [0.29, 0.717) is 16.9 Å². The van der Waals surface area contributed by atoms with Crippen LogP contribution in [-0.2, 0) is 0 Å². The molecule has 4 aliphatic rings. The summed E-state index contributed by atoms with van der Waals surface area (Å²) in [6.45, 7) is 7.30. The molecule has 0 heterocycles. The van der Waals surface area contributed by atoms with Crippen LogP contribution in [0.4, 0.5) is 0 Å². The lowest BCUT2D eigenvalue weighted by molar-refractivity contribution is -0.0520. The van der Waals surface area contributed by atoms with Crippen LogP contribution >= 0.6 is 0 Å². The maximum atomic E-state index is 10.1. The van der Waals surface area contributed by atoms with Crippen molar-refractivity contribution in [3.8, 4) is 0 Å². The fourth-order valence-corrected chi connectivity index (χ4v) is 7.55. The Morgan fingerprint density at radius 1 is 1.13 bits per heavy atom. The van der Waals surface area contributed by atoms with Crippen molar-refractivity contribution in [3.63, 3.8) is 0 Å². The molecule has 2 heteroatoms. The zero-order valence-electron chi connectivity index (χ0n) is 15.2. The molecule has 23 heavy (non-hydrogen) atoms. The van der Waals surface area contributed by atoms with Crippen LogP contribution in [0.25, 0.3) is 0 Å². The van der Waals surface area contributed by atoms with Crippen LogP contribution in [0.2, 0.25) is 0 Å². The average Bonchev–Trinajstić information content (AvgIpc) is 2.85. The summed E-state index contributed by atoms with van der Waals surface area (Å²) in [6.07, 6.45) is 12.3. The van der Waals surface area contributed by atoms with Gasteiger partial charge >= 0.3 is 0 Å². The van der Waals surface area contributed by atoms with Crippen molar-refractivity contribution in [2.24, 2.45) is 40.2 Å². The predicted octanol–water partition coefficient (Wildman–Crippen LogP) is 4.27. The largest absolute Gasteiger partial charge is 0.393 e. The van der Waals surface area contributed by atoms with Crippen molar-refractivity contribution in [1.29, 1.82) is 0 Å². The van der Waals surface area contributed by atoms with Crippen LogP contribution in [0.15, 0.2) is 11.6 Å². The number of aliphatic hydroxyl groups excluding tert-OH is 1. The second kappa shape index (κ2) is 5.33. The van der Waals surface area contributed by atoms with E-state index in [1.807, 2.05) is 0 Å². The van der Waals surface area contributed by atoms with Crippen molar-refractivity contribution >= 4 is 0 Å². The van der Waals surface area contributed by atoms with Crippen molar-refractivity contribution in [1.82, 2.24) is 0 Å². The number of aliphatic hydroxyl groups is 1. The van der Waals surface area contributed by atoms with Crippen molar-refractivity contribution < 1.29 is 5.11 Å². The molecule has 130 valence electrons. The number of rotatable bonds is 1. The first-order chi connectivity index (χ1) is 10.9. The van der Waals surface area contributed by atoms with Crippen LogP contribution in [0, 0.1) is 34.5 Å². The highest BCUT2D eigenvalue weighted by Gasteiger charge is 2.58. The minimum atomic E-state index is -0.0892. The van der Waals surface area contributed by atoms with Crippen LogP contribution < -0.4 is 5.73 Å². The van der Waals surface area contributed by atoms with Gasteiger partial charge in [0.1, 0.15) is 0 Å². The summed E-state index contributed by atoms with van der Waals surface area (Å²) in [5.41, 5.74) is 8.80. The third-order valence-corrected chi connectivity index (χ3v) is 8.79. The van der Waals surface area contributed by atoms with E-state index in [-0.39, 0.29) is 6.10 Å². The Labute approximate surface area is 141 Å². The molecule has 0 bridgehead atoms. The highest BCUT2D eigenvalue weighted by Crippen LogP contribution is 2.66. The van der Waals surface area contributed by atoms with Crippen molar-refractivity contribution in [3.05, 3.63) is 11.6 Å². The summed E-state index contributed by atoms with van der Waals surface area (Å²) in [6, 6.07) is 0.344. The highest BCUT2D eigenvalue weighted by atomic mass is 16.3. The van der Waals surface area contributed by atoms with Gasteiger partial charge in [-0.15, -0.1) is 0 Å². The van der Waals surface area contributed by atoms with E-state index in [2.05, 4.69) is 26.8 Å². The molecule has 0 aliphatic heterocycles. The van der Waals surface area contributed by atoms with Crippen LogP contribution in [0.1, 0.15) is 72.1 Å². The number of hydrogen-bond donors (Lipinski definition) is 2. The van der Waals surface area contributed by atoms with Gasteiger partial charge in [-0.1, -0.05) is 25.5 Å². The molecule has 0 unspecified atom stereocenters. The maximum absolute atomic E-state index is 10.1. The Bertz CT molecular complexity index is 512. The average molecular weight is 318 g/mol. The molecule has 3 fully saturated rings. The first kappa shape index (κ1) is 16.1. The van der Waals surface area contributed by atoms with Gasteiger partial charge in [-0.2, -0.15) is 0 Å². The number of nitrogens with two attached hydrogens (primary N) is 1. The lowest BCUT2D eigenvalue weighted by Gasteiger charge is -2.58. The topological polar surface area (TPSA) is 46.2 Å². The molecular formula is C21H35NO. The maximum Gasteiger partial charge on any atom is 0.0577 e. The van der Waals surface area contributed by atoms with Crippen molar-refractivity contribution in [2.75, 3.05) is 0 Å². The van der Waals surface area contributed by atoms with Gasteiger partial charge in [-0.25, -0.2) is 0 Å². The molecule has 0 aromatic heterocycles. The summed E-state index contributed by atoms with van der Waals surface area (Å²) < 4.78 is 0. The van der Waals surface area contributed by atoms with Gasteiger partial charge in [0, 0.05) is 6.04 Å². The second-order valence-corrected chi connectivity index (χ2v) is 9.74. The molecule has 0 amide bonds. The monoisotopic (exact) mass is 317 g/mol. The smallest absolute Gasteiger partial charge is 0.0577 e. The van der Waals surface area contributed by atoms with E-state index in [4.69, 9.17) is 5.73 Å². The molecule has 4 aliphatic carbocycles.